The zero-order valence-electron chi connectivity index (χ0n) is 17.1. The van der Waals surface area contributed by atoms with Crippen molar-refractivity contribution in [2.24, 2.45) is 0 Å². The number of nitrogens with one attached hydrogen (secondary N) is 1. The second-order valence-electron chi connectivity index (χ2n) is 6.18. The minimum Gasteiger partial charge on any atom is -0.497 e. The Morgan fingerprint density at radius 1 is 1.00 bits per heavy atom. The molecule has 0 aliphatic rings. The summed E-state index contributed by atoms with van der Waals surface area (Å²) in [6.45, 7) is 1.93. The van der Waals surface area contributed by atoms with E-state index >= 15 is 0 Å². The van der Waals surface area contributed by atoms with Gasteiger partial charge in [-0.2, -0.15) is 0 Å². The van der Waals surface area contributed by atoms with Gasteiger partial charge in [-0.25, -0.2) is 9.59 Å². The average molecular weight is 410 g/mol. The van der Waals surface area contributed by atoms with Gasteiger partial charge >= 0.3 is 11.9 Å². The van der Waals surface area contributed by atoms with Crippen LogP contribution in [0.25, 0.3) is 10.9 Å². The molecule has 3 rings (SSSR count). The number of aromatic nitrogens is 1. The molecule has 3 aromatic rings. The molecule has 1 heterocycles. The van der Waals surface area contributed by atoms with Gasteiger partial charge in [0, 0.05) is 17.6 Å². The first-order chi connectivity index (χ1) is 14.5. The molecule has 2 aromatic carbocycles. The maximum absolute atomic E-state index is 12.6. The lowest BCUT2D eigenvalue weighted by atomic mass is 10.1. The number of benzene rings is 2. The van der Waals surface area contributed by atoms with Gasteiger partial charge < -0.3 is 24.3 Å². The number of methoxy groups -OCH3 is 3. The molecule has 0 amide bonds. The molecule has 0 saturated carbocycles. The van der Waals surface area contributed by atoms with Gasteiger partial charge in [-0.05, 0) is 37.3 Å². The van der Waals surface area contributed by atoms with E-state index < -0.39 is 11.9 Å². The van der Waals surface area contributed by atoms with Gasteiger partial charge in [0.2, 0.25) is 0 Å². The number of ether oxygens (including phenoxy) is 4. The smallest absolute Gasteiger partial charge is 0.341 e. The van der Waals surface area contributed by atoms with Crippen LogP contribution in [0.4, 0.5) is 11.4 Å². The molecule has 30 heavy (non-hydrogen) atoms. The molecule has 0 aliphatic heterocycles. The van der Waals surface area contributed by atoms with E-state index in [9.17, 15) is 9.59 Å². The van der Waals surface area contributed by atoms with Gasteiger partial charge in [-0.3, -0.25) is 4.98 Å². The molecule has 0 atom stereocenters. The number of hydrogen-bond donors (Lipinski definition) is 1. The Morgan fingerprint density at radius 3 is 2.47 bits per heavy atom. The lowest BCUT2D eigenvalue weighted by Crippen LogP contribution is -2.10. The van der Waals surface area contributed by atoms with Crippen molar-refractivity contribution >= 4 is 34.2 Å². The zero-order chi connectivity index (χ0) is 21.7. The maximum atomic E-state index is 12.6. The molecule has 0 fully saturated rings. The summed E-state index contributed by atoms with van der Waals surface area (Å²) in [5, 5.41) is 3.78. The SMILES string of the molecule is CCOC(=O)c1cnc2ccc(C(=O)OC)cc2c1Nc1cc(OC)ccc1OC. The highest BCUT2D eigenvalue weighted by atomic mass is 16.5. The van der Waals surface area contributed by atoms with Crippen molar-refractivity contribution in [2.45, 2.75) is 6.92 Å². The number of anilines is 2. The Labute approximate surface area is 173 Å². The molecule has 1 N–H and O–H groups in total. The van der Waals surface area contributed by atoms with Crippen LogP contribution >= 0.6 is 0 Å². The lowest BCUT2D eigenvalue weighted by Gasteiger charge is -2.17. The van der Waals surface area contributed by atoms with Crippen molar-refractivity contribution < 1.29 is 28.5 Å². The first-order valence-corrected chi connectivity index (χ1v) is 9.19. The van der Waals surface area contributed by atoms with Crippen molar-refractivity contribution in [1.82, 2.24) is 4.98 Å². The van der Waals surface area contributed by atoms with E-state index in [1.165, 1.54) is 13.3 Å². The molecule has 0 bridgehead atoms. The minimum atomic E-state index is -0.542. The van der Waals surface area contributed by atoms with Crippen LogP contribution in [0.1, 0.15) is 27.6 Å². The fraction of sp³-hybridized carbons (Fsp3) is 0.227. The standard InChI is InChI=1S/C22H22N2O6/c1-5-30-22(26)16-12-23-17-8-6-13(21(25)29-4)10-15(17)20(16)24-18-11-14(27-2)7-9-19(18)28-3/h6-12H,5H2,1-4H3,(H,23,24). The van der Waals surface area contributed by atoms with Crippen molar-refractivity contribution in [2.75, 3.05) is 33.3 Å². The summed E-state index contributed by atoms with van der Waals surface area (Å²) in [4.78, 5) is 29.0. The highest BCUT2D eigenvalue weighted by molar-refractivity contribution is 6.08. The van der Waals surface area contributed by atoms with E-state index in [0.717, 1.165) is 0 Å². The van der Waals surface area contributed by atoms with Crippen LogP contribution < -0.4 is 14.8 Å². The van der Waals surface area contributed by atoms with Crippen LogP contribution in [0.2, 0.25) is 0 Å². The van der Waals surface area contributed by atoms with E-state index in [4.69, 9.17) is 18.9 Å². The average Bonchev–Trinajstić information content (AvgIpc) is 2.78. The summed E-state index contributed by atoms with van der Waals surface area (Å²) in [6, 6.07) is 10.2. The largest absolute Gasteiger partial charge is 0.497 e. The molecule has 8 nitrogen and oxygen atoms in total. The van der Waals surface area contributed by atoms with Crippen molar-refractivity contribution in [3.63, 3.8) is 0 Å². The molecule has 0 saturated heterocycles. The molecule has 0 unspecified atom stereocenters. The number of hydrogen-bond acceptors (Lipinski definition) is 8. The predicted octanol–water partition coefficient (Wildman–Crippen LogP) is 3.96. The van der Waals surface area contributed by atoms with E-state index in [0.29, 0.717) is 39.3 Å². The summed E-state index contributed by atoms with van der Waals surface area (Å²) in [7, 11) is 4.40. The summed E-state index contributed by atoms with van der Waals surface area (Å²) in [5.74, 6) is 0.104. The zero-order valence-corrected chi connectivity index (χ0v) is 17.1. The van der Waals surface area contributed by atoms with Crippen molar-refractivity contribution in [1.29, 1.82) is 0 Å². The number of nitrogens with zero attached hydrogens (tertiary/aromatic N) is 1. The number of pyridine rings is 1. The number of rotatable bonds is 7. The summed E-state index contributed by atoms with van der Waals surface area (Å²) in [6.07, 6.45) is 1.44. The second kappa shape index (κ2) is 9.13. The quantitative estimate of drug-likeness (QED) is 0.585. The molecule has 0 radical (unpaired) electrons. The van der Waals surface area contributed by atoms with Crippen molar-refractivity contribution in [3.05, 3.63) is 53.7 Å². The van der Waals surface area contributed by atoms with Crippen molar-refractivity contribution in [3.8, 4) is 11.5 Å². The Morgan fingerprint density at radius 2 is 1.80 bits per heavy atom. The molecule has 0 aliphatic carbocycles. The van der Waals surface area contributed by atoms with Gasteiger partial charge in [0.25, 0.3) is 0 Å². The molecular weight excluding hydrogens is 388 g/mol. The fourth-order valence-corrected chi connectivity index (χ4v) is 2.98. The van der Waals surface area contributed by atoms with Gasteiger partial charge in [-0.15, -0.1) is 0 Å². The Kier molecular flexibility index (Phi) is 6.36. The first-order valence-electron chi connectivity index (χ1n) is 9.19. The Hall–Kier alpha value is -3.81. The minimum absolute atomic E-state index is 0.209. The second-order valence-corrected chi connectivity index (χ2v) is 6.18. The van der Waals surface area contributed by atoms with E-state index in [1.54, 1.807) is 57.5 Å². The molecule has 8 heteroatoms. The number of fused-ring (bicyclic) bond motifs is 1. The topological polar surface area (TPSA) is 96.0 Å². The molecule has 0 spiro atoms. The third kappa shape index (κ3) is 4.12. The van der Waals surface area contributed by atoms with Crippen LogP contribution in [-0.2, 0) is 9.47 Å². The lowest BCUT2D eigenvalue weighted by molar-refractivity contribution is 0.0526. The third-order valence-electron chi connectivity index (χ3n) is 4.45. The first kappa shape index (κ1) is 20.9. The summed E-state index contributed by atoms with van der Waals surface area (Å²) in [5.41, 5.74) is 2.12. The molecular formula is C22H22N2O6. The van der Waals surface area contributed by atoms with Crippen LogP contribution in [0.15, 0.2) is 42.6 Å². The van der Waals surface area contributed by atoms with Crippen LogP contribution in [0.3, 0.4) is 0 Å². The third-order valence-corrected chi connectivity index (χ3v) is 4.45. The number of esters is 2. The highest BCUT2D eigenvalue weighted by Crippen LogP contribution is 2.36. The van der Waals surface area contributed by atoms with E-state index in [2.05, 4.69) is 10.3 Å². The predicted molar refractivity (Wildman–Crippen MR) is 112 cm³/mol. The maximum Gasteiger partial charge on any atom is 0.341 e. The molecule has 156 valence electrons. The van der Waals surface area contributed by atoms with Crippen LogP contribution in [0, 0.1) is 0 Å². The van der Waals surface area contributed by atoms with Gasteiger partial charge in [0.05, 0.1) is 50.4 Å². The normalized spacial score (nSPS) is 10.4. The van der Waals surface area contributed by atoms with Crippen LogP contribution in [0.5, 0.6) is 11.5 Å². The number of carbonyl (C=O) groups excluding carboxylic acids is 2. The fourth-order valence-electron chi connectivity index (χ4n) is 2.98. The number of carbonyl (C=O) groups is 2. The summed E-state index contributed by atoms with van der Waals surface area (Å²) >= 11 is 0. The Balaban J connectivity index is 2.24. The van der Waals surface area contributed by atoms with E-state index in [-0.39, 0.29) is 12.2 Å². The van der Waals surface area contributed by atoms with Gasteiger partial charge in [0.15, 0.2) is 0 Å². The monoisotopic (exact) mass is 410 g/mol. The van der Waals surface area contributed by atoms with E-state index in [1.807, 2.05) is 0 Å². The van der Waals surface area contributed by atoms with Crippen LogP contribution in [-0.4, -0.2) is 44.9 Å². The van der Waals surface area contributed by atoms with Gasteiger partial charge in [-0.1, -0.05) is 0 Å². The summed E-state index contributed by atoms with van der Waals surface area (Å²) < 4.78 is 20.7. The molecule has 1 aromatic heterocycles. The van der Waals surface area contributed by atoms with Gasteiger partial charge in [0.1, 0.15) is 17.1 Å². The Bertz CT molecular complexity index is 1100. The highest BCUT2D eigenvalue weighted by Gasteiger charge is 2.20.